The first-order chi connectivity index (χ1) is 6.65. The summed E-state index contributed by atoms with van der Waals surface area (Å²) >= 11 is 0. The second kappa shape index (κ2) is 12.5. The fraction of sp³-hybridized carbons (Fsp3) is 0.714. The van der Waals surface area contributed by atoms with E-state index in [0.717, 1.165) is 12.8 Å². The van der Waals surface area contributed by atoms with Crippen LogP contribution in [0, 0.1) is 0 Å². The van der Waals surface area contributed by atoms with Crippen molar-refractivity contribution in [2.24, 2.45) is 0 Å². The Morgan fingerprint density at radius 2 is 1.29 bits per heavy atom. The monoisotopic (exact) mass is 196 g/mol. The highest BCUT2D eigenvalue weighted by atomic mass is 13.9. The van der Waals surface area contributed by atoms with Gasteiger partial charge in [-0.3, -0.25) is 0 Å². The largest absolute Gasteiger partial charge is 0.0999 e. The van der Waals surface area contributed by atoms with E-state index in [2.05, 4.69) is 47.3 Å². The summed E-state index contributed by atoms with van der Waals surface area (Å²) in [6.45, 7) is 14.7. The lowest BCUT2D eigenvalue weighted by Crippen LogP contribution is -1.74. The molecule has 0 bridgehead atoms. The smallest absolute Gasteiger partial charge is 0.0349 e. The highest BCUT2D eigenvalue weighted by molar-refractivity contribution is 4.99. The minimum Gasteiger partial charge on any atom is -0.0999 e. The van der Waals surface area contributed by atoms with Crippen molar-refractivity contribution in [2.45, 2.75) is 66.7 Å². The average molecular weight is 196 g/mol. The van der Waals surface area contributed by atoms with Gasteiger partial charge < -0.3 is 0 Å². The van der Waals surface area contributed by atoms with Crippen LogP contribution in [-0.2, 0) is 0 Å². The van der Waals surface area contributed by atoms with Gasteiger partial charge >= 0.3 is 0 Å². The minimum absolute atomic E-state index is 1.14. The van der Waals surface area contributed by atoms with Crippen molar-refractivity contribution in [1.82, 2.24) is 0 Å². The molecular formula is C14H28. The Kier molecular flexibility index (Phi) is 14.2. The van der Waals surface area contributed by atoms with Gasteiger partial charge in [-0.25, -0.2) is 0 Å². The first-order valence-electron chi connectivity index (χ1n) is 6.00. The Hall–Kier alpha value is -0.520. The zero-order valence-electron chi connectivity index (χ0n) is 10.8. The topological polar surface area (TPSA) is 0 Å². The highest BCUT2D eigenvalue weighted by Gasteiger charge is 1.84. The molecule has 0 heterocycles. The van der Waals surface area contributed by atoms with E-state index in [4.69, 9.17) is 0 Å². The number of allylic oxidation sites excluding steroid dienone is 3. The zero-order chi connectivity index (χ0) is 11.4. The quantitative estimate of drug-likeness (QED) is 0.509. The van der Waals surface area contributed by atoms with Crippen LogP contribution in [0.1, 0.15) is 66.7 Å². The first-order valence-corrected chi connectivity index (χ1v) is 6.00. The van der Waals surface area contributed by atoms with E-state index < -0.39 is 0 Å². The molecule has 0 fully saturated rings. The molecule has 0 atom stereocenters. The second-order valence-electron chi connectivity index (χ2n) is 3.43. The number of hydrogen-bond donors (Lipinski definition) is 0. The van der Waals surface area contributed by atoms with Crippen molar-refractivity contribution < 1.29 is 0 Å². The van der Waals surface area contributed by atoms with Gasteiger partial charge in [0.15, 0.2) is 0 Å². The molecule has 84 valence electrons. The Balaban J connectivity index is 0. The predicted molar refractivity (Wildman–Crippen MR) is 68.7 cm³/mol. The lowest BCUT2D eigenvalue weighted by Gasteiger charge is -1.95. The molecule has 0 nitrogen and oxygen atoms in total. The summed E-state index contributed by atoms with van der Waals surface area (Å²) in [7, 11) is 0. The summed E-state index contributed by atoms with van der Waals surface area (Å²) in [5.74, 6) is 0. The third kappa shape index (κ3) is 11.5. The van der Waals surface area contributed by atoms with E-state index >= 15 is 0 Å². The van der Waals surface area contributed by atoms with Crippen LogP contribution in [0.3, 0.4) is 0 Å². The van der Waals surface area contributed by atoms with Gasteiger partial charge in [0.05, 0.1) is 0 Å². The van der Waals surface area contributed by atoms with Crippen molar-refractivity contribution in [1.29, 1.82) is 0 Å². The third-order valence-electron chi connectivity index (χ3n) is 2.40. The molecule has 0 radical (unpaired) electrons. The van der Waals surface area contributed by atoms with Crippen LogP contribution in [-0.4, -0.2) is 0 Å². The van der Waals surface area contributed by atoms with Crippen molar-refractivity contribution >= 4 is 0 Å². The third-order valence-corrected chi connectivity index (χ3v) is 2.40. The maximum Gasteiger partial charge on any atom is -0.0349 e. The van der Waals surface area contributed by atoms with Crippen molar-refractivity contribution in [2.75, 3.05) is 0 Å². The lowest BCUT2D eigenvalue weighted by atomic mass is 10.1. The molecule has 0 heteroatoms. The van der Waals surface area contributed by atoms with Crippen LogP contribution in [0.25, 0.3) is 0 Å². The predicted octanol–water partition coefficient (Wildman–Crippen LogP) is 5.51. The average Bonchev–Trinajstić information content (AvgIpc) is 2.25. The molecule has 14 heavy (non-hydrogen) atoms. The van der Waals surface area contributed by atoms with Crippen molar-refractivity contribution in [3.8, 4) is 0 Å². The zero-order valence-corrected chi connectivity index (χ0v) is 10.8. The molecule has 0 aromatic rings. The maximum absolute atomic E-state index is 3.79. The minimum atomic E-state index is 1.14. The summed E-state index contributed by atoms with van der Waals surface area (Å²) < 4.78 is 0. The molecule has 0 aliphatic heterocycles. The molecular weight excluding hydrogens is 168 g/mol. The molecule has 0 aromatic heterocycles. The molecule has 0 aliphatic rings. The summed E-state index contributed by atoms with van der Waals surface area (Å²) in [6.07, 6.45) is 8.23. The Labute approximate surface area is 91.1 Å². The van der Waals surface area contributed by atoms with Gasteiger partial charge in [-0.2, -0.15) is 0 Å². The van der Waals surface area contributed by atoms with Gasteiger partial charge in [0.1, 0.15) is 0 Å². The molecule has 0 N–H and O–H groups in total. The van der Waals surface area contributed by atoms with Gasteiger partial charge in [-0.15, -0.1) is 0 Å². The summed E-state index contributed by atoms with van der Waals surface area (Å²) in [6, 6.07) is 0. The van der Waals surface area contributed by atoms with Gasteiger partial charge in [0.25, 0.3) is 0 Å². The number of rotatable bonds is 5. The van der Waals surface area contributed by atoms with E-state index in [1.54, 1.807) is 5.57 Å². The SMILES string of the molecule is C=C(CC)CC.CCC=C(CC)CC. The van der Waals surface area contributed by atoms with E-state index in [0.29, 0.717) is 0 Å². The van der Waals surface area contributed by atoms with Crippen molar-refractivity contribution in [3.05, 3.63) is 23.8 Å². The lowest BCUT2D eigenvalue weighted by molar-refractivity contribution is 0.955. The van der Waals surface area contributed by atoms with E-state index in [1.807, 2.05) is 0 Å². The van der Waals surface area contributed by atoms with Crippen LogP contribution in [0.4, 0.5) is 0 Å². The summed E-state index contributed by atoms with van der Waals surface area (Å²) in [5.41, 5.74) is 2.93. The van der Waals surface area contributed by atoms with Crippen LogP contribution in [0.5, 0.6) is 0 Å². The van der Waals surface area contributed by atoms with E-state index in [-0.39, 0.29) is 0 Å². The van der Waals surface area contributed by atoms with Crippen LogP contribution < -0.4 is 0 Å². The molecule has 0 saturated carbocycles. The van der Waals surface area contributed by atoms with E-state index in [1.165, 1.54) is 24.8 Å². The maximum atomic E-state index is 3.79. The van der Waals surface area contributed by atoms with Gasteiger partial charge in [-0.1, -0.05) is 58.4 Å². The Morgan fingerprint density at radius 1 is 0.857 bits per heavy atom. The van der Waals surface area contributed by atoms with Crippen LogP contribution in [0.2, 0.25) is 0 Å². The standard InChI is InChI=1S/C8H16.C6H12/c1-4-7-8(5-2)6-3;1-4-6(3)5-2/h7H,4-6H2,1-3H3;3-5H2,1-2H3. The van der Waals surface area contributed by atoms with E-state index in [9.17, 15) is 0 Å². The summed E-state index contributed by atoms with van der Waals surface area (Å²) in [4.78, 5) is 0. The Morgan fingerprint density at radius 3 is 1.36 bits per heavy atom. The van der Waals surface area contributed by atoms with Gasteiger partial charge in [-0.05, 0) is 32.1 Å². The fourth-order valence-electron chi connectivity index (χ4n) is 1.08. The molecule has 0 rings (SSSR count). The normalized spacial score (nSPS) is 8.64. The van der Waals surface area contributed by atoms with Gasteiger partial charge in [0.2, 0.25) is 0 Å². The van der Waals surface area contributed by atoms with Crippen LogP contribution in [0.15, 0.2) is 23.8 Å². The molecule has 0 saturated heterocycles. The first kappa shape index (κ1) is 15.9. The van der Waals surface area contributed by atoms with Gasteiger partial charge in [0, 0.05) is 0 Å². The second-order valence-corrected chi connectivity index (χ2v) is 3.43. The molecule has 0 aliphatic carbocycles. The van der Waals surface area contributed by atoms with Crippen LogP contribution >= 0.6 is 0 Å². The Bertz CT molecular complexity index is 139. The number of hydrogen-bond acceptors (Lipinski definition) is 0. The molecule has 0 unspecified atom stereocenters. The molecule has 0 aromatic carbocycles. The molecule has 0 amide bonds. The fourth-order valence-corrected chi connectivity index (χ4v) is 1.08. The molecule has 0 spiro atoms. The van der Waals surface area contributed by atoms with Crippen molar-refractivity contribution in [3.63, 3.8) is 0 Å². The summed E-state index contributed by atoms with van der Waals surface area (Å²) in [5, 5.41) is 0. The highest BCUT2D eigenvalue weighted by Crippen LogP contribution is 2.05.